The zero-order valence-electron chi connectivity index (χ0n) is 20.2. The molecule has 188 valence electrons. The predicted molar refractivity (Wildman–Crippen MR) is 140 cm³/mol. The highest BCUT2D eigenvalue weighted by atomic mass is 16.5. The van der Waals surface area contributed by atoms with Crippen LogP contribution in [0.3, 0.4) is 0 Å². The second-order valence-electron chi connectivity index (χ2n) is 8.61. The topological polar surface area (TPSA) is 142 Å². The van der Waals surface area contributed by atoms with E-state index >= 15 is 0 Å². The van der Waals surface area contributed by atoms with Crippen molar-refractivity contribution in [2.75, 3.05) is 41.8 Å². The lowest BCUT2D eigenvalue weighted by atomic mass is 10.0. The number of pyridine rings is 1. The summed E-state index contributed by atoms with van der Waals surface area (Å²) in [7, 11) is 0. The number of benzene rings is 2. The number of amides is 1. The number of rotatable bonds is 5. The van der Waals surface area contributed by atoms with Crippen molar-refractivity contribution in [2.45, 2.75) is 6.17 Å². The fourth-order valence-corrected chi connectivity index (χ4v) is 4.41. The van der Waals surface area contributed by atoms with E-state index in [1.54, 1.807) is 6.07 Å². The van der Waals surface area contributed by atoms with Crippen molar-refractivity contribution < 1.29 is 13.9 Å². The molecule has 0 aliphatic carbocycles. The molecule has 2 aromatic carbocycles. The molecule has 1 fully saturated rings. The molecule has 1 atom stereocenters. The number of nitrogens with one attached hydrogen (secondary N) is 2. The largest absolute Gasteiger partial charge is 0.402 e. The zero-order valence-corrected chi connectivity index (χ0v) is 20.2. The van der Waals surface area contributed by atoms with Gasteiger partial charge in [-0.3, -0.25) is 4.79 Å². The number of para-hydroxylation sites is 1. The van der Waals surface area contributed by atoms with Gasteiger partial charge in [-0.1, -0.05) is 53.6 Å². The summed E-state index contributed by atoms with van der Waals surface area (Å²) in [6, 6.07) is 22.7. The molecular formula is C27H22N8O3. The number of hydrogen-bond acceptors (Lipinski definition) is 10. The predicted octanol–water partition coefficient (Wildman–Crippen LogP) is 3.07. The Morgan fingerprint density at radius 2 is 1.79 bits per heavy atom. The van der Waals surface area contributed by atoms with Crippen LogP contribution in [0.2, 0.25) is 0 Å². The first-order valence-corrected chi connectivity index (χ1v) is 12.1. The lowest BCUT2D eigenvalue weighted by Gasteiger charge is -2.29. The third kappa shape index (κ3) is 4.56. The maximum atomic E-state index is 13.1. The molecule has 1 unspecified atom stereocenters. The molecule has 11 nitrogen and oxygen atoms in total. The highest BCUT2D eigenvalue weighted by Gasteiger charge is 2.28. The van der Waals surface area contributed by atoms with Crippen LogP contribution >= 0.6 is 0 Å². The van der Waals surface area contributed by atoms with E-state index < -0.39 is 6.17 Å². The molecule has 4 heterocycles. The number of anilines is 3. The van der Waals surface area contributed by atoms with Crippen LogP contribution in [0.25, 0.3) is 11.6 Å². The number of aliphatic imine (C=N–C) groups is 1. The van der Waals surface area contributed by atoms with Crippen LogP contribution in [-0.2, 0) is 9.53 Å². The summed E-state index contributed by atoms with van der Waals surface area (Å²) in [6.45, 7) is 2.49. The molecule has 1 saturated heterocycles. The molecule has 2 aliphatic heterocycles. The summed E-state index contributed by atoms with van der Waals surface area (Å²) in [6.07, 6.45) is -1.04. The summed E-state index contributed by atoms with van der Waals surface area (Å²) in [5, 5.41) is 23.5. The van der Waals surface area contributed by atoms with E-state index in [9.17, 15) is 10.1 Å². The van der Waals surface area contributed by atoms with Crippen LogP contribution in [0.4, 0.5) is 17.4 Å². The maximum Gasteiger partial charge on any atom is 0.317 e. The molecule has 2 N–H and O–H groups in total. The van der Waals surface area contributed by atoms with Gasteiger partial charge < -0.3 is 24.7 Å². The highest BCUT2D eigenvalue weighted by Crippen LogP contribution is 2.31. The van der Waals surface area contributed by atoms with Gasteiger partial charge in [-0.15, -0.1) is 5.10 Å². The van der Waals surface area contributed by atoms with Crippen LogP contribution in [0.5, 0.6) is 0 Å². The molecule has 0 spiro atoms. The Hall–Kier alpha value is -5.08. The number of ether oxygens (including phenoxy) is 1. The average Bonchev–Trinajstić information content (AvgIpc) is 3.39. The Morgan fingerprint density at radius 3 is 2.61 bits per heavy atom. The quantitative estimate of drug-likeness (QED) is 0.418. The van der Waals surface area contributed by atoms with Gasteiger partial charge in [-0.25, -0.2) is 9.98 Å². The molecule has 0 saturated carbocycles. The van der Waals surface area contributed by atoms with Crippen molar-refractivity contribution in [1.82, 2.24) is 15.2 Å². The summed E-state index contributed by atoms with van der Waals surface area (Å²) >= 11 is 0. The standard InChI is InChI=1S/C27H22N8O3/c28-16-18-10-11-21(35-12-14-37-15-13-35)23(29-18)26-33-34-27(38-26)32-24-25(36)30-20-9-5-4-8-19(20)22(31-24)17-6-2-1-3-7-17/h1-11,24H,12-15H2,(H,30,36)(H,32,34). The van der Waals surface area contributed by atoms with Crippen LogP contribution < -0.4 is 15.5 Å². The minimum atomic E-state index is -1.04. The van der Waals surface area contributed by atoms with E-state index in [0.717, 1.165) is 16.8 Å². The van der Waals surface area contributed by atoms with Crippen LogP contribution in [0.15, 0.2) is 76.1 Å². The molecule has 2 aromatic heterocycles. The molecule has 6 rings (SSSR count). The number of hydrogen-bond donors (Lipinski definition) is 2. The Balaban J connectivity index is 1.34. The van der Waals surface area contributed by atoms with Gasteiger partial charge in [-0.2, -0.15) is 5.26 Å². The van der Waals surface area contributed by atoms with Crippen molar-refractivity contribution in [1.29, 1.82) is 5.26 Å². The number of nitrogens with zero attached hydrogens (tertiary/aromatic N) is 6. The van der Waals surface area contributed by atoms with Gasteiger partial charge in [0, 0.05) is 24.2 Å². The van der Waals surface area contributed by atoms with Gasteiger partial charge in [-0.05, 0) is 18.2 Å². The molecule has 4 aromatic rings. The molecule has 0 radical (unpaired) electrons. The summed E-state index contributed by atoms with van der Waals surface area (Å²) in [4.78, 5) is 24.4. The molecule has 0 bridgehead atoms. The van der Waals surface area contributed by atoms with Gasteiger partial charge in [0.2, 0.25) is 6.17 Å². The average molecular weight is 507 g/mol. The van der Waals surface area contributed by atoms with Crippen LogP contribution in [0.1, 0.15) is 16.8 Å². The van der Waals surface area contributed by atoms with Crippen LogP contribution in [0, 0.1) is 11.3 Å². The normalized spacial score (nSPS) is 17.0. The minimum absolute atomic E-state index is 0.000596. The van der Waals surface area contributed by atoms with Gasteiger partial charge in [0.15, 0.2) is 5.69 Å². The number of aromatic nitrogens is 3. The Kier molecular flexibility index (Phi) is 6.21. The Bertz CT molecular complexity index is 1550. The number of fused-ring (bicyclic) bond motifs is 1. The van der Waals surface area contributed by atoms with Crippen LogP contribution in [-0.4, -0.2) is 59.3 Å². The first-order chi connectivity index (χ1) is 18.7. The fourth-order valence-electron chi connectivity index (χ4n) is 4.41. The van der Waals surface area contributed by atoms with Gasteiger partial charge in [0.05, 0.1) is 30.3 Å². The number of benzodiazepines with no additional fused rings is 1. The van der Waals surface area contributed by atoms with Gasteiger partial charge in [0.1, 0.15) is 11.8 Å². The molecule has 1 amide bonds. The van der Waals surface area contributed by atoms with E-state index in [4.69, 9.17) is 14.1 Å². The number of carbonyl (C=O) groups excluding carboxylic acids is 1. The smallest absolute Gasteiger partial charge is 0.317 e. The first-order valence-electron chi connectivity index (χ1n) is 12.1. The summed E-state index contributed by atoms with van der Waals surface area (Å²) in [5.74, 6) is -0.252. The van der Waals surface area contributed by atoms with Crippen molar-refractivity contribution in [3.05, 3.63) is 83.6 Å². The lowest BCUT2D eigenvalue weighted by molar-refractivity contribution is -0.116. The SMILES string of the molecule is N#Cc1ccc(N2CCOCC2)c(-c2nnc(NC3N=C(c4ccccc4)c4ccccc4NC3=O)o2)n1. The zero-order chi connectivity index (χ0) is 25.9. The third-order valence-electron chi connectivity index (χ3n) is 6.22. The highest BCUT2D eigenvalue weighted by molar-refractivity contribution is 6.19. The Labute approximate surface area is 217 Å². The van der Waals surface area contributed by atoms with Crippen molar-refractivity contribution in [3.63, 3.8) is 0 Å². The Morgan fingerprint density at radius 1 is 1.00 bits per heavy atom. The van der Waals surface area contributed by atoms with E-state index in [-0.39, 0.29) is 23.5 Å². The molecular weight excluding hydrogens is 484 g/mol. The van der Waals surface area contributed by atoms with E-state index in [0.29, 0.717) is 43.4 Å². The van der Waals surface area contributed by atoms with Crippen molar-refractivity contribution >= 4 is 29.0 Å². The monoisotopic (exact) mass is 506 g/mol. The lowest BCUT2D eigenvalue weighted by Crippen LogP contribution is -2.36. The van der Waals surface area contributed by atoms with E-state index in [1.807, 2.05) is 60.7 Å². The second-order valence-corrected chi connectivity index (χ2v) is 8.61. The number of morpholine rings is 1. The van der Waals surface area contributed by atoms with Gasteiger partial charge in [0.25, 0.3) is 11.8 Å². The second kappa shape index (κ2) is 10.1. The number of nitriles is 1. The maximum absolute atomic E-state index is 13.1. The molecule has 38 heavy (non-hydrogen) atoms. The fraction of sp³-hybridized carbons (Fsp3) is 0.185. The van der Waals surface area contributed by atoms with Crippen molar-refractivity contribution in [2.24, 2.45) is 4.99 Å². The number of carbonyl (C=O) groups is 1. The summed E-state index contributed by atoms with van der Waals surface area (Å²) in [5.41, 5.74) is 4.34. The molecule has 2 aliphatic rings. The van der Waals surface area contributed by atoms with Gasteiger partial charge >= 0.3 is 6.01 Å². The van der Waals surface area contributed by atoms with E-state index in [2.05, 4.69) is 36.8 Å². The molecule has 11 heteroatoms. The third-order valence-corrected chi connectivity index (χ3v) is 6.22. The van der Waals surface area contributed by atoms with E-state index in [1.165, 1.54) is 0 Å². The van der Waals surface area contributed by atoms with Crippen molar-refractivity contribution in [3.8, 4) is 17.7 Å². The minimum Gasteiger partial charge on any atom is -0.402 e. The first kappa shape index (κ1) is 23.3. The summed E-state index contributed by atoms with van der Waals surface area (Å²) < 4.78 is 11.4.